The number of rotatable bonds is 3. The van der Waals surface area contributed by atoms with E-state index in [4.69, 9.17) is 4.74 Å². The minimum atomic E-state index is -0.459. The summed E-state index contributed by atoms with van der Waals surface area (Å²) in [4.78, 5) is 27.4. The number of carbonyl (C=O) groups excluding carboxylic acids is 2. The number of nitrogens with one attached hydrogen (secondary N) is 1. The second-order valence-electron chi connectivity index (χ2n) is 6.90. The molecule has 0 unspecified atom stereocenters. The Morgan fingerprint density at radius 1 is 1.10 bits per heavy atom. The van der Waals surface area contributed by atoms with Crippen molar-refractivity contribution in [2.24, 2.45) is 0 Å². The van der Waals surface area contributed by atoms with Gasteiger partial charge in [0.1, 0.15) is 5.60 Å². The van der Waals surface area contributed by atoms with Crippen molar-refractivity contribution < 1.29 is 14.3 Å². The first-order valence-corrected chi connectivity index (χ1v) is 7.84. The summed E-state index contributed by atoms with van der Waals surface area (Å²) in [5, 5.41) is 3.22. The van der Waals surface area contributed by atoms with Gasteiger partial charge >= 0.3 is 6.09 Å². The van der Waals surface area contributed by atoms with Gasteiger partial charge < -0.3 is 19.9 Å². The zero-order valence-corrected chi connectivity index (χ0v) is 13.4. The molecule has 2 aliphatic heterocycles. The van der Waals surface area contributed by atoms with Crippen LogP contribution in [0.25, 0.3) is 0 Å². The molecule has 0 bridgehead atoms. The van der Waals surface area contributed by atoms with E-state index >= 15 is 0 Å². The van der Waals surface area contributed by atoms with Gasteiger partial charge in [-0.05, 0) is 40.0 Å². The van der Waals surface area contributed by atoms with Gasteiger partial charge in [0.2, 0.25) is 5.91 Å². The molecule has 0 aromatic carbocycles. The van der Waals surface area contributed by atoms with Crippen molar-refractivity contribution in [3.8, 4) is 0 Å². The van der Waals surface area contributed by atoms with E-state index in [0.29, 0.717) is 19.6 Å². The monoisotopic (exact) mass is 297 g/mol. The first-order chi connectivity index (χ1) is 9.85. The number of hydrogen-bond donors (Lipinski definition) is 1. The molecular formula is C15H27N3O3. The number of ether oxygens (including phenoxy) is 1. The van der Waals surface area contributed by atoms with Gasteiger partial charge in [0, 0.05) is 32.2 Å². The predicted molar refractivity (Wildman–Crippen MR) is 80.0 cm³/mol. The van der Waals surface area contributed by atoms with E-state index in [1.165, 1.54) is 6.42 Å². The highest BCUT2D eigenvalue weighted by atomic mass is 16.6. The standard InChI is InChI=1S/C15H27N3O3/c1-15(2,3)21-14(20)18-10-12(11-18)16-9-13(19)17-7-5-4-6-8-17/h12,16H,4-11H2,1-3H3. The lowest BCUT2D eigenvalue weighted by molar-refractivity contribution is -0.131. The number of hydrogen-bond acceptors (Lipinski definition) is 4. The van der Waals surface area contributed by atoms with E-state index in [9.17, 15) is 9.59 Å². The summed E-state index contributed by atoms with van der Waals surface area (Å²) in [6.45, 7) is 8.94. The lowest BCUT2D eigenvalue weighted by Crippen LogP contribution is -2.61. The number of nitrogens with zero attached hydrogens (tertiary/aromatic N) is 2. The Morgan fingerprint density at radius 2 is 1.71 bits per heavy atom. The van der Waals surface area contributed by atoms with Gasteiger partial charge in [-0.1, -0.05) is 0 Å². The highest BCUT2D eigenvalue weighted by Gasteiger charge is 2.33. The van der Waals surface area contributed by atoms with Crippen LogP contribution < -0.4 is 5.32 Å². The molecule has 0 aliphatic carbocycles. The number of amides is 2. The van der Waals surface area contributed by atoms with Crippen LogP contribution in [-0.4, -0.2) is 66.2 Å². The Hall–Kier alpha value is -1.30. The lowest BCUT2D eigenvalue weighted by Gasteiger charge is -2.40. The van der Waals surface area contributed by atoms with Gasteiger partial charge in [0.25, 0.3) is 0 Å². The molecule has 2 aliphatic rings. The molecule has 2 rings (SSSR count). The average Bonchev–Trinajstić information content (AvgIpc) is 2.35. The molecule has 2 fully saturated rings. The van der Waals surface area contributed by atoms with Crippen LogP contribution in [0, 0.1) is 0 Å². The van der Waals surface area contributed by atoms with E-state index in [-0.39, 0.29) is 18.0 Å². The van der Waals surface area contributed by atoms with E-state index in [1.807, 2.05) is 25.7 Å². The third-order valence-electron chi connectivity index (χ3n) is 3.78. The summed E-state index contributed by atoms with van der Waals surface area (Å²) in [5.41, 5.74) is -0.459. The van der Waals surface area contributed by atoms with Gasteiger partial charge in [-0.25, -0.2) is 4.79 Å². The Bertz CT molecular complexity index is 380. The molecule has 0 aromatic heterocycles. The normalized spacial score (nSPS) is 20.1. The van der Waals surface area contributed by atoms with Crippen LogP contribution in [0.5, 0.6) is 0 Å². The molecule has 6 nitrogen and oxygen atoms in total. The predicted octanol–water partition coefficient (Wildman–Crippen LogP) is 1.21. The van der Waals surface area contributed by atoms with Crippen molar-refractivity contribution in [2.75, 3.05) is 32.7 Å². The Morgan fingerprint density at radius 3 is 2.29 bits per heavy atom. The van der Waals surface area contributed by atoms with E-state index in [2.05, 4.69) is 5.32 Å². The average molecular weight is 297 g/mol. The molecule has 120 valence electrons. The summed E-state index contributed by atoms with van der Waals surface area (Å²) < 4.78 is 5.29. The van der Waals surface area contributed by atoms with Crippen molar-refractivity contribution in [1.29, 1.82) is 0 Å². The van der Waals surface area contributed by atoms with Crippen molar-refractivity contribution in [3.05, 3.63) is 0 Å². The fraction of sp³-hybridized carbons (Fsp3) is 0.867. The van der Waals surface area contributed by atoms with Crippen LogP contribution in [-0.2, 0) is 9.53 Å². The maximum atomic E-state index is 12.0. The van der Waals surface area contributed by atoms with Crippen molar-refractivity contribution in [2.45, 2.75) is 51.7 Å². The van der Waals surface area contributed by atoms with Crippen molar-refractivity contribution in [3.63, 3.8) is 0 Å². The van der Waals surface area contributed by atoms with Crippen LogP contribution in [0.3, 0.4) is 0 Å². The van der Waals surface area contributed by atoms with Crippen LogP contribution >= 0.6 is 0 Å². The summed E-state index contributed by atoms with van der Waals surface area (Å²) in [7, 11) is 0. The smallest absolute Gasteiger partial charge is 0.410 e. The molecule has 0 atom stereocenters. The first-order valence-electron chi connectivity index (χ1n) is 7.84. The summed E-state index contributed by atoms with van der Waals surface area (Å²) in [6, 6.07) is 0.200. The minimum Gasteiger partial charge on any atom is -0.444 e. The zero-order chi connectivity index (χ0) is 15.5. The lowest BCUT2D eigenvalue weighted by atomic mass is 10.1. The SMILES string of the molecule is CC(C)(C)OC(=O)N1CC(NCC(=O)N2CCCCC2)C1. The van der Waals surface area contributed by atoms with E-state index in [0.717, 1.165) is 25.9 Å². The van der Waals surface area contributed by atoms with Crippen LogP contribution in [0.15, 0.2) is 0 Å². The van der Waals surface area contributed by atoms with Crippen molar-refractivity contribution in [1.82, 2.24) is 15.1 Å². The zero-order valence-electron chi connectivity index (χ0n) is 13.4. The summed E-state index contributed by atoms with van der Waals surface area (Å²) in [5.74, 6) is 0.172. The Balaban J connectivity index is 1.62. The van der Waals surface area contributed by atoms with Crippen LogP contribution in [0.1, 0.15) is 40.0 Å². The molecule has 2 amide bonds. The van der Waals surface area contributed by atoms with Gasteiger partial charge in [-0.3, -0.25) is 4.79 Å². The molecule has 0 radical (unpaired) electrons. The molecular weight excluding hydrogens is 270 g/mol. The van der Waals surface area contributed by atoms with Crippen molar-refractivity contribution >= 4 is 12.0 Å². The molecule has 6 heteroatoms. The fourth-order valence-electron chi connectivity index (χ4n) is 2.57. The highest BCUT2D eigenvalue weighted by Crippen LogP contribution is 2.15. The largest absolute Gasteiger partial charge is 0.444 e. The minimum absolute atomic E-state index is 0.172. The molecule has 0 saturated carbocycles. The van der Waals surface area contributed by atoms with Gasteiger partial charge in [0.15, 0.2) is 0 Å². The molecule has 0 aromatic rings. The second-order valence-corrected chi connectivity index (χ2v) is 6.90. The summed E-state index contributed by atoms with van der Waals surface area (Å²) >= 11 is 0. The van der Waals surface area contributed by atoms with Gasteiger partial charge in [-0.15, -0.1) is 0 Å². The Kier molecular flexibility index (Phi) is 5.08. The number of piperidine rings is 1. The molecule has 2 heterocycles. The molecule has 0 spiro atoms. The third-order valence-corrected chi connectivity index (χ3v) is 3.78. The van der Waals surface area contributed by atoms with Gasteiger partial charge in [0.05, 0.1) is 6.54 Å². The number of likely N-dealkylation sites (tertiary alicyclic amines) is 2. The summed E-state index contributed by atoms with van der Waals surface area (Å²) in [6.07, 6.45) is 3.18. The Labute approximate surface area is 126 Å². The van der Waals surface area contributed by atoms with E-state index in [1.54, 1.807) is 4.90 Å². The second kappa shape index (κ2) is 6.64. The van der Waals surface area contributed by atoms with Crippen LogP contribution in [0.2, 0.25) is 0 Å². The molecule has 2 saturated heterocycles. The fourth-order valence-corrected chi connectivity index (χ4v) is 2.57. The number of carbonyl (C=O) groups is 2. The van der Waals surface area contributed by atoms with E-state index < -0.39 is 5.60 Å². The van der Waals surface area contributed by atoms with Gasteiger partial charge in [-0.2, -0.15) is 0 Å². The molecule has 21 heavy (non-hydrogen) atoms. The topological polar surface area (TPSA) is 61.9 Å². The maximum absolute atomic E-state index is 12.0. The third kappa shape index (κ3) is 4.88. The first kappa shape index (κ1) is 16.1. The maximum Gasteiger partial charge on any atom is 0.410 e. The quantitative estimate of drug-likeness (QED) is 0.850. The highest BCUT2D eigenvalue weighted by molar-refractivity contribution is 5.78. The molecule has 1 N–H and O–H groups in total. The van der Waals surface area contributed by atoms with Crippen LogP contribution in [0.4, 0.5) is 4.79 Å².